The molecule has 29 heavy (non-hydrogen) atoms. The number of anilines is 2. The Balaban J connectivity index is 1.75. The summed E-state index contributed by atoms with van der Waals surface area (Å²) in [7, 11) is 3.12. The minimum atomic E-state index is -0.357. The Morgan fingerprint density at radius 1 is 1.03 bits per heavy atom. The fourth-order valence-electron chi connectivity index (χ4n) is 2.64. The second kappa shape index (κ2) is 9.01. The quantitative estimate of drug-likeness (QED) is 0.635. The normalized spacial score (nSPS) is 10.3. The molecule has 1 heterocycles. The second-order valence-electron chi connectivity index (χ2n) is 6.22. The first-order valence-corrected chi connectivity index (χ1v) is 8.86. The summed E-state index contributed by atoms with van der Waals surface area (Å²) in [4.78, 5) is 21.1. The molecular weight excluding hydrogens is 375 g/mol. The number of aryl methyl sites for hydroxylation is 1. The molecule has 150 valence electrons. The molecule has 0 unspecified atom stereocenters. The van der Waals surface area contributed by atoms with Gasteiger partial charge in [-0.15, -0.1) is 0 Å². The number of methoxy groups -OCH3 is 2. The van der Waals surface area contributed by atoms with E-state index >= 15 is 0 Å². The number of rotatable bonds is 7. The number of nitrogens with zero attached hydrogens (tertiary/aromatic N) is 2. The van der Waals surface area contributed by atoms with Gasteiger partial charge in [-0.3, -0.25) is 4.79 Å². The smallest absolute Gasteiger partial charge is 0.270 e. The van der Waals surface area contributed by atoms with Gasteiger partial charge in [0.15, 0.2) is 0 Å². The molecule has 0 fully saturated rings. The third-order valence-electron chi connectivity index (χ3n) is 4.11. The lowest BCUT2D eigenvalue weighted by atomic mass is 10.2. The van der Waals surface area contributed by atoms with E-state index in [0.717, 1.165) is 5.56 Å². The summed E-state index contributed by atoms with van der Waals surface area (Å²) in [5, 5.41) is 5.84. The Bertz CT molecular complexity index is 1010. The lowest BCUT2D eigenvalue weighted by Crippen LogP contribution is -2.24. The van der Waals surface area contributed by atoms with Gasteiger partial charge in [0.2, 0.25) is 5.95 Å². The van der Waals surface area contributed by atoms with Crippen molar-refractivity contribution in [1.82, 2.24) is 15.3 Å². The zero-order valence-corrected chi connectivity index (χ0v) is 16.3. The SMILES string of the molecule is COc1ccc(Nc2nc(C)cc(C(=O)NCc3ccc(F)cc3)n2)c(OC)c1. The zero-order chi connectivity index (χ0) is 20.8. The molecule has 0 saturated carbocycles. The topological polar surface area (TPSA) is 85.4 Å². The zero-order valence-electron chi connectivity index (χ0n) is 16.3. The molecule has 3 rings (SSSR count). The highest BCUT2D eigenvalue weighted by Crippen LogP contribution is 2.30. The largest absolute Gasteiger partial charge is 0.497 e. The predicted molar refractivity (Wildman–Crippen MR) is 107 cm³/mol. The van der Waals surface area contributed by atoms with Crippen molar-refractivity contribution in [2.75, 3.05) is 19.5 Å². The number of hydrogen-bond donors (Lipinski definition) is 2. The number of amides is 1. The van der Waals surface area contributed by atoms with Crippen LogP contribution in [-0.4, -0.2) is 30.1 Å². The van der Waals surface area contributed by atoms with Crippen molar-refractivity contribution in [2.45, 2.75) is 13.5 Å². The Kier molecular flexibility index (Phi) is 6.23. The summed E-state index contributed by atoms with van der Waals surface area (Å²) in [5.74, 6) is 0.788. The molecule has 1 aromatic heterocycles. The molecule has 0 radical (unpaired) electrons. The van der Waals surface area contributed by atoms with Gasteiger partial charge >= 0.3 is 0 Å². The van der Waals surface area contributed by atoms with Crippen LogP contribution in [0.15, 0.2) is 48.5 Å². The highest BCUT2D eigenvalue weighted by molar-refractivity contribution is 5.92. The van der Waals surface area contributed by atoms with Gasteiger partial charge in [-0.05, 0) is 42.8 Å². The molecule has 0 atom stereocenters. The van der Waals surface area contributed by atoms with Gasteiger partial charge in [0.25, 0.3) is 5.91 Å². The maximum atomic E-state index is 13.0. The summed E-state index contributed by atoms with van der Waals surface area (Å²) >= 11 is 0. The number of carbonyl (C=O) groups excluding carboxylic acids is 1. The van der Waals surface area contributed by atoms with Crippen molar-refractivity contribution in [3.63, 3.8) is 0 Å². The maximum Gasteiger partial charge on any atom is 0.270 e. The van der Waals surface area contributed by atoms with Gasteiger partial charge < -0.3 is 20.1 Å². The molecular formula is C21H21FN4O3. The molecule has 0 saturated heterocycles. The van der Waals surface area contributed by atoms with E-state index in [2.05, 4.69) is 20.6 Å². The number of aromatic nitrogens is 2. The molecule has 0 aliphatic heterocycles. The lowest BCUT2D eigenvalue weighted by molar-refractivity contribution is 0.0945. The fourth-order valence-corrected chi connectivity index (χ4v) is 2.64. The van der Waals surface area contributed by atoms with Crippen LogP contribution in [-0.2, 0) is 6.54 Å². The van der Waals surface area contributed by atoms with Crippen LogP contribution in [0.25, 0.3) is 0 Å². The van der Waals surface area contributed by atoms with Crippen molar-refractivity contribution >= 4 is 17.5 Å². The molecule has 8 heteroatoms. The lowest BCUT2D eigenvalue weighted by Gasteiger charge is -2.12. The first-order chi connectivity index (χ1) is 14.0. The third kappa shape index (κ3) is 5.19. The standard InChI is InChI=1S/C21H21FN4O3/c1-13-10-18(20(27)23-12-14-4-6-15(22)7-5-14)26-21(24-13)25-17-9-8-16(28-2)11-19(17)29-3/h4-11H,12H2,1-3H3,(H,23,27)(H,24,25,26). The molecule has 0 aliphatic rings. The number of benzene rings is 2. The van der Waals surface area contributed by atoms with E-state index in [1.54, 1.807) is 57.5 Å². The van der Waals surface area contributed by atoms with Gasteiger partial charge in [-0.2, -0.15) is 0 Å². The fraction of sp³-hybridized carbons (Fsp3) is 0.190. The molecule has 7 nitrogen and oxygen atoms in total. The Labute approximate surface area is 167 Å². The molecule has 2 N–H and O–H groups in total. The predicted octanol–water partition coefficient (Wildman–Crippen LogP) is 3.61. The molecule has 0 bridgehead atoms. The van der Waals surface area contributed by atoms with Crippen LogP contribution >= 0.6 is 0 Å². The number of nitrogens with one attached hydrogen (secondary N) is 2. The summed E-state index contributed by atoms with van der Waals surface area (Å²) < 4.78 is 23.5. The number of hydrogen-bond acceptors (Lipinski definition) is 6. The van der Waals surface area contributed by atoms with Crippen LogP contribution in [0.5, 0.6) is 11.5 Å². The average molecular weight is 396 g/mol. The molecule has 0 aliphatic carbocycles. The van der Waals surface area contributed by atoms with Gasteiger partial charge in [0, 0.05) is 18.3 Å². The van der Waals surface area contributed by atoms with E-state index in [4.69, 9.17) is 9.47 Å². The summed E-state index contributed by atoms with van der Waals surface area (Å²) in [6, 6.07) is 12.8. The van der Waals surface area contributed by atoms with Crippen molar-refractivity contribution in [1.29, 1.82) is 0 Å². The van der Waals surface area contributed by atoms with E-state index in [1.165, 1.54) is 12.1 Å². The minimum Gasteiger partial charge on any atom is -0.497 e. The summed E-state index contributed by atoms with van der Waals surface area (Å²) in [5.41, 5.74) is 2.26. The average Bonchev–Trinajstić information content (AvgIpc) is 2.73. The maximum absolute atomic E-state index is 13.0. The highest BCUT2D eigenvalue weighted by atomic mass is 19.1. The minimum absolute atomic E-state index is 0.217. The Morgan fingerprint density at radius 3 is 2.48 bits per heavy atom. The van der Waals surface area contributed by atoms with Crippen LogP contribution in [0.4, 0.5) is 16.0 Å². The van der Waals surface area contributed by atoms with Crippen molar-refractivity contribution in [3.05, 3.63) is 71.3 Å². The number of carbonyl (C=O) groups is 1. The van der Waals surface area contributed by atoms with Gasteiger partial charge in [-0.1, -0.05) is 12.1 Å². The van der Waals surface area contributed by atoms with Crippen LogP contribution < -0.4 is 20.1 Å². The first-order valence-electron chi connectivity index (χ1n) is 8.86. The Hall–Kier alpha value is -3.68. The van der Waals surface area contributed by atoms with Gasteiger partial charge in [0.05, 0.1) is 19.9 Å². The van der Waals surface area contributed by atoms with Gasteiger partial charge in [0.1, 0.15) is 23.0 Å². The Morgan fingerprint density at radius 2 is 1.79 bits per heavy atom. The summed E-state index contributed by atoms with van der Waals surface area (Å²) in [6.07, 6.45) is 0. The first kappa shape index (κ1) is 20.1. The molecule has 0 spiro atoms. The number of halogens is 1. The van der Waals surface area contributed by atoms with Gasteiger partial charge in [-0.25, -0.2) is 14.4 Å². The summed E-state index contributed by atoms with van der Waals surface area (Å²) in [6.45, 7) is 2.03. The second-order valence-corrected chi connectivity index (χ2v) is 6.22. The van der Waals surface area contributed by atoms with Crippen molar-refractivity contribution < 1.29 is 18.7 Å². The monoisotopic (exact) mass is 396 g/mol. The molecule has 2 aromatic carbocycles. The van der Waals surface area contributed by atoms with Crippen molar-refractivity contribution in [2.24, 2.45) is 0 Å². The van der Waals surface area contributed by atoms with E-state index in [9.17, 15) is 9.18 Å². The van der Waals surface area contributed by atoms with E-state index in [-0.39, 0.29) is 29.9 Å². The van der Waals surface area contributed by atoms with E-state index < -0.39 is 0 Å². The van der Waals surface area contributed by atoms with Crippen LogP contribution in [0.1, 0.15) is 21.7 Å². The van der Waals surface area contributed by atoms with E-state index in [0.29, 0.717) is 22.9 Å². The highest BCUT2D eigenvalue weighted by Gasteiger charge is 2.13. The van der Waals surface area contributed by atoms with E-state index in [1.807, 2.05) is 0 Å². The van der Waals surface area contributed by atoms with Crippen LogP contribution in [0.3, 0.4) is 0 Å². The van der Waals surface area contributed by atoms with Crippen LogP contribution in [0, 0.1) is 12.7 Å². The molecule has 1 amide bonds. The van der Waals surface area contributed by atoms with Crippen LogP contribution in [0.2, 0.25) is 0 Å². The number of ether oxygens (including phenoxy) is 2. The molecule has 3 aromatic rings. The van der Waals surface area contributed by atoms with Crippen molar-refractivity contribution in [3.8, 4) is 11.5 Å². The third-order valence-corrected chi connectivity index (χ3v) is 4.11.